The number of hydrogen-bond donors (Lipinski definition) is 2. The number of benzene rings is 2. The minimum atomic E-state index is -0.534. The van der Waals surface area contributed by atoms with E-state index >= 15 is 0 Å². The van der Waals surface area contributed by atoms with Crippen LogP contribution in [-0.4, -0.2) is 17.3 Å². The maximum Gasteiger partial charge on any atom is 0.0819 e. The van der Waals surface area contributed by atoms with E-state index in [1.165, 1.54) is 23.6 Å². The maximum atomic E-state index is 10.7. The molecule has 1 saturated carbocycles. The van der Waals surface area contributed by atoms with E-state index in [0.29, 0.717) is 6.54 Å². The first-order valence-corrected chi connectivity index (χ1v) is 7.71. The van der Waals surface area contributed by atoms with Crippen LogP contribution in [0.1, 0.15) is 38.5 Å². The number of aliphatic hydroxyl groups is 1. The van der Waals surface area contributed by atoms with E-state index in [-0.39, 0.29) is 0 Å². The van der Waals surface area contributed by atoms with Crippen molar-refractivity contribution in [2.75, 3.05) is 11.9 Å². The average Bonchev–Trinajstić information content (AvgIpc) is 2.70. The fraction of sp³-hybridized carbons (Fsp3) is 0.444. The Balaban J connectivity index is 1.76. The molecular weight excluding hydrogens is 246 g/mol. The summed E-state index contributed by atoms with van der Waals surface area (Å²) in [6, 6.07) is 14.7. The van der Waals surface area contributed by atoms with Crippen molar-refractivity contribution < 1.29 is 5.11 Å². The third-order valence-corrected chi connectivity index (χ3v) is 4.43. The van der Waals surface area contributed by atoms with Crippen molar-refractivity contribution in [3.05, 3.63) is 42.5 Å². The lowest BCUT2D eigenvalue weighted by atomic mass is 9.94. The summed E-state index contributed by atoms with van der Waals surface area (Å²) in [5, 5.41) is 16.7. The molecule has 0 amide bonds. The van der Waals surface area contributed by atoms with Gasteiger partial charge in [-0.25, -0.2) is 0 Å². The molecule has 2 heteroatoms. The number of nitrogens with one attached hydrogen (secondary N) is 1. The molecule has 2 N–H and O–H groups in total. The Bertz CT molecular complexity index is 565. The van der Waals surface area contributed by atoms with Crippen molar-refractivity contribution in [3.63, 3.8) is 0 Å². The zero-order valence-electron chi connectivity index (χ0n) is 11.9. The number of rotatable bonds is 3. The first kappa shape index (κ1) is 13.4. The monoisotopic (exact) mass is 269 g/mol. The number of anilines is 1. The fourth-order valence-electron chi connectivity index (χ4n) is 3.20. The highest BCUT2D eigenvalue weighted by Gasteiger charge is 2.27. The second-order valence-electron chi connectivity index (χ2n) is 6.02. The van der Waals surface area contributed by atoms with Gasteiger partial charge in [0, 0.05) is 17.6 Å². The van der Waals surface area contributed by atoms with E-state index in [1.54, 1.807) is 0 Å². The van der Waals surface area contributed by atoms with Gasteiger partial charge in [0.05, 0.1) is 5.60 Å². The zero-order chi connectivity index (χ0) is 13.8. The van der Waals surface area contributed by atoms with Crippen LogP contribution in [0.25, 0.3) is 10.8 Å². The number of fused-ring (bicyclic) bond motifs is 1. The SMILES string of the molecule is OC1(CNc2cccc3ccccc23)CCCCCC1. The molecule has 0 aromatic heterocycles. The minimum absolute atomic E-state index is 0.534. The second-order valence-corrected chi connectivity index (χ2v) is 6.02. The van der Waals surface area contributed by atoms with Crippen molar-refractivity contribution >= 4 is 16.5 Å². The summed E-state index contributed by atoms with van der Waals surface area (Å²) in [6.45, 7) is 0.654. The third kappa shape index (κ3) is 2.96. The van der Waals surface area contributed by atoms with Crippen molar-refractivity contribution in [1.82, 2.24) is 0 Å². The first-order valence-electron chi connectivity index (χ1n) is 7.71. The molecule has 3 rings (SSSR count). The maximum absolute atomic E-state index is 10.7. The lowest BCUT2D eigenvalue weighted by molar-refractivity contribution is 0.0381. The molecule has 1 fully saturated rings. The quantitative estimate of drug-likeness (QED) is 0.812. The molecule has 0 atom stereocenters. The molecule has 0 radical (unpaired) electrons. The lowest BCUT2D eigenvalue weighted by Gasteiger charge is -2.27. The second kappa shape index (κ2) is 5.84. The van der Waals surface area contributed by atoms with Gasteiger partial charge < -0.3 is 10.4 Å². The molecular formula is C18H23NO. The van der Waals surface area contributed by atoms with E-state index in [4.69, 9.17) is 0 Å². The van der Waals surface area contributed by atoms with Gasteiger partial charge in [-0.2, -0.15) is 0 Å². The normalized spacial score (nSPS) is 18.6. The van der Waals surface area contributed by atoms with Gasteiger partial charge in [-0.3, -0.25) is 0 Å². The lowest BCUT2D eigenvalue weighted by Crippen LogP contribution is -2.36. The molecule has 106 valence electrons. The van der Waals surface area contributed by atoms with Crippen LogP contribution in [-0.2, 0) is 0 Å². The van der Waals surface area contributed by atoms with Crippen LogP contribution in [0.4, 0.5) is 5.69 Å². The Morgan fingerprint density at radius 1 is 0.900 bits per heavy atom. The van der Waals surface area contributed by atoms with Gasteiger partial charge in [0.1, 0.15) is 0 Å². The van der Waals surface area contributed by atoms with Crippen LogP contribution in [0.5, 0.6) is 0 Å². The van der Waals surface area contributed by atoms with Gasteiger partial charge in [0.2, 0.25) is 0 Å². The smallest absolute Gasteiger partial charge is 0.0819 e. The number of hydrogen-bond acceptors (Lipinski definition) is 2. The summed E-state index contributed by atoms with van der Waals surface area (Å²) >= 11 is 0. The highest BCUT2D eigenvalue weighted by molar-refractivity contribution is 5.93. The van der Waals surface area contributed by atoms with Crippen LogP contribution in [0.15, 0.2) is 42.5 Å². The molecule has 2 aromatic carbocycles. The van der Waals surface area contributed by atoms with Crippen LogP contribution in [0.2, 0.25) is 0 Å². The Labute approximate surface area is 120 Å². The summed E-state index contributed by atoms with van der Waals surface area (Å²) in [4.78, 5) is 0. The summed E-state index contributed by atoms with van der Waals surface area (Å²) in [5.41, 5.74) is 0.591. The molecule has 0 heterocycles. The standard InChI is InChI=1S/C18H23NO/c20-18(12-5-1-2-6-13-18)14-19-17-11-7-9-15-8-3-4-10-16(15)17/h3-4,7-11,19-20H,1-2,5-6,12-14H2. The molecule has 2 aromatic rings. The Morgan fingerprint density at radius 3 is 2.40 bits per heavy atom. The van der Waals surface area contributed by atoms with Gasteiger partial charge in [-0.05, 0) is 24.3 Å². The summed E-state index contributed by atoms with van der Waals surface area (Å²) < 4.78 is 0. The third-order valence-electron chi connectivity index (χ3n) is 4.43. The van der Waals surface area contributed by atoms with Gasteiger partial charge in [0.25, 0.3) is 0 Å². The van der Waals surface area contributed by atoms with Crippen molar-refractivity contribution in [2.45, 2.75) is 44.1 Å². The average molecular weight is 269 g/mol. The molecule has 0 aliphatic heterocycles. The van der Waals surface area contributed by atoms with Crippen LogP contribution in [0.3, 0.4) is 0 Å². The van der Waals surface area contributed by atoms with E-state index < -0.39 is 5.60 Å². The van der Waals surface area contributed by atoms with Gasteiger partial charge in [0.15, 0.2) is 0 Å². The van der Waals surface area contributed by atoms with Crippen LogP contribution in [0, 0.1) is 0 Å². The Kier molecular flexibility index (Phi) is 3.93. The van der Waals surface area contributed by atoms with Gasteiger partial charge >= 0.3 is 0 Å². The van der Waals surface area contributed by atoms with E-state index in [0.717, 1.165) is 31.4 Å². The van der Waals surface area contributed by atoms with Gasteiger partial charge in [-0.15, -0.1) is 0 Å². The molecule has 1 aliphatic carbocycles. The highest BCUT2D eigenvalue weighted by atomic mass is 16.3. The summed E-state index contributed by atoms with van der Waals surface area (Å²) in [6.07, 6.45) is 6.66. The highest BCUT2D eigenvalue weighted by Crippen LogP contribution is 2.29. The van der Waals surface area contributed by atoms with Crippen molar-refractivity contribution in [3.8, 4) is 0 Å². The van der Waals surface area contributed by atoms with Crippen molar-refractivity contribution in [2.24, 2.45) is 0 Å². The van der Waals surface area contributed by atoms with E-state index in [2.05, 4.69) is 47.8 Å². The first-order chi connectivity index (χ1) is 9.77. The molecule has 0 unspecified atom stereocenters. The van der Waals surface area contributed by atoms with Crippen LogP contribution < -0.4 is 5.32 Å². The van der Waals surface area contributed by atoms with Crippen LogP contribution >= 0.6 is 0 Å². The van der Waals surface area contributed by atoms with Gasteiger partial charge in [-0.1, -0.05) is 62.1 Å². The molecule has 1 aliphatic rings. The van der Waals surface area contributed by atoms with E-state index in [9.17, 15) is 5.11 Å². The fourth-order valence-corrected chi connectivity index (χ4v) is 3.20. The van der Waals surface area contributed by atoms with E-state index in [1.807, 2.05) is 0 Å². The molecule has 2 nitrogen and oxygen atoms in total. The minimum Gasteiger partial charge on any atom is -0.388 e. The largest absolute Gasteiger partial charge is 0.388 e. The topological polar surface area (TPSA) is 32.3 Å². The van der Waals surface area contributed by atoms with Crippen molar-refractivity contribution in [1.29, 1.82) is 0 Å². The molecule has 0 spiro atoms. The molecule has 0 saturated heterocycles. The predicted octanol–water partition coefficient (Wildman–Crippen LogP) is 4.34. The Morgan fingerprint density at radius 2 is 1.60 bits per heavy atom. The summed E-state index contributed by atoms with van der Waals surface area (Å²) in [5.74, 6) is 0. The predicted molar refractivity (Wildman–Crippen MR) is 85.1 cm³/mol. The summed E-state index contributed by atoms with van der Waals surface area (Å²) in [7, 11) is 0. The molecule has 20 heavy (non-hydrogen) atoms. The Hall–Kier alpha value is -1.54. The zero-order valence-corrected chi connectivity index (χ0v) is 11.9. The molecule has 0 bridgehead atoms.